The minimum Gasteiger partial charge on any atom is -0.497 e. The van der Waals surface area contributed by atoms with Crippen LogP contribution in [-0.2, 0) is 0 Å². The molecule has 0 saturated carbocycles. The van der Waals surface area contributed by atoms with Crippen molar-refractivity contribution in [3.05, 3.63) is 46.6 Å². The van der Waals surface area contributed by atoms with Gasteiger partial charge in [0.05, 0.1) is 18.9 Å². The maximum atomic E-state index is 10.2. The van der Waals surface area contributed by atoms with Crippen molar-refractivity contribution in [2.45, 2.75) is 20.0 Å². The maximum Gasteiger partial charge on any atom is 0.167 e. The quantitative estimate of drug-likeness (QED) is 0.878. The number of ether oxygens (including phenoxy) is 1. The molecule has 2 rings (SSSR count). The van der Waals surface area contributed by atoms with Gasteiger partial charge in [-0.25, -0.2) is 0 Å². The number of anilines is 1. The van der Waals surface area contributed by atoms with Gasteiger partial charge in [0.25, 0.3) is 0 Å². The fourth-order valence-corrected chi connectivity index (χ4v) is 2.01. The van der Waals surface area contributed by atoms with Crippen LogP contribution in [0.25, 0.3) is 0 Å². The molecule has 1 aromatic heterocycles. The third-order valence-electron chi connectivity index (χ3n) is 3.53. The summed E-state index contributed by atoms with van der Waals surface area (Å²) in [6, 6.07) is 9.28. The van der Waals surface area contributed by atoms with E-state index in [0.29, 0.717) is 11.4 Å². The molecule has 2 aromatic rings. The van der Waals surface area contributed by atoms with Crippen molar-refractivity contribution in [3.8, 4) is 11.8 Å². The molecule has 0 bridgehead atoms. The number of hydrogen-bond acceptors (Lipinski definition) is 6. The van der Waals surface area contributed by atoms with Crippen molar-refractivity contribution in [3.63, 3.8) is 0 Å². The second-order valence-electron chi connectivity index (χ2n) is 4.92. The Morgan fingerprint density at radius 2 is 1.95 bits per heavy atom. The Morgan fingerprint density at radius 1 is 1.27 bits per heavy atom. The Kier molecular flexibility index (Phi) is 4.92. The van der Waals surface area contributed by atoms with E-state index in [-0.39, 0.29) is 6.54 Å². The highest BCUT2D eigenvalue weighted by Gasteiger charge is 2.13. The molecule has 0 fully saturated rings. The van der Waals surface area contributed by atoms with E-state index in [2.05, 4.69) is 21.6 Å². The first-order chi connectivity index (χ1) is 10.6. The van der Waals surface area contributed by atoms with E-state index in [1.807, 2.05) is 6.92 Å². The summed E-state index contributed by atoms with van der Waals surface area (Å²) in [5.74, 6) is 1.12. The van der Waals surface area contributed by atoms with Gasteiger partial charge in [0.15, 0.2) is 5.82 Å². The third-order valence-corrected chi connectivity index (χ3v) is 3.53. The van der Waals surface area contributed by atoms with Crippen LogP contribution in [0.4, 0.5) is 5.82 Å². The summed E-state index contributed by atoms with van der Waals surface area (Å²) in [7, 11) is 1.59. The van der Waals surface area contributed by atoms with Crippen LogP contribution in [0.1, 0.15) is 28.5 Å². The Bertz CT molecular complexity index is 693. The zero-order valence-electron chi connectivity index (χ0n) is 12.8. The Morgan fingerprint density at radius 3 is 2.55 bits per heavy atom. The van der Waals surface area contributed by atoms with Crippen molar-refractivity contribution in [2.24, 2.45) is 0 Å². The molecule has 114 valence electrons. The molecular formula is C16H18N4O2. The molecule has 0 aliphatic heterocycles. The number of methoxy groups -OCH3 is 1. The number of aliphatic hydroxyl groups is 1. The average molecular weight is 298 g/mol. The predicted molar refractivity (Wildman–Crippen MR) is 82.7 cm³/mol. The van der Waals surface area contributed by atoms with Gasteiger partial charge in [-0.1, -0.05) is 12.1 Å². The molecule has 1 aromatic carbocycles. The molecule has 2 N–H and O–H groups in total. The molecule has 0 radical (unpaired) electrons. The Labute approximate surface area is 129 Å². The van der Waals surface area contributed by atoms with Crippen LogP contribution in [0, 0.1) is 25.2 Å². The normalized spacial score (nSPS) is 11.6. The zero-order valence-corrected chi connectivity index (χ0v) is 12.8. The van der Waals surface area contributed by atoms with Crippen LogP contribution in [0.3, 0.4) is 0 Å². The SMILES string of the molecule is COc1ccc(C(O)CNc2nnc(C)c(C)c2C#N)cc1. The maximum absolute atomic E-state index is 10.2. The van der Waals surface area contributed by atoms with Crippen LogP contribution in [0.2, 0.25) is 0 Å². The first-order valence-electron chi connectivity index (χ1n) is 6.86. The largest absolute Gasteiger partial charge is 0.497 e. The molecule has 6 heteroatoms. The summed E-state index contributed by atoms with van der Waals surface area (Å²) < 4.78 is 5.08. The number of aliphatic hydroxyl groups excluding tert-OH is 1. The second kappa shape index (κ2) is 6.87. The average Bonchev–Trinajstić information content (AvgIpc) is 2.55. The summed E-state index contributed by atoms with van der Waals surface area (Å²) in [6.07, 6.45) is -0.721. The number of nitrogens with one attached hydrogen (secondary N) is 1. The van der Waals surface area contributed by atoms with E-state index < -0.39 is 6.10 Å². The minimum absolute atomic E-state index is 0.234. The lowest BCUT2D eigenvalue weighted by Crippen LogP contribution is -2.15. The molecule has 1 heterocycles. The van der Waals surface area contributed by atoms with Gasteiger partial charge in [-0.15, -0.1) is 5.10 Å². The molecule has 6 nitrogen and oxygen atoms in total. The van der Waals surface area contributed by atoms with Gasteiger partial charge in [-0.3, -0.25) is 0 Å². The number of nitrogens with zero attached hydrogens (tertiary/aromatic N) is 3. The number of nitriles is 1. The number of benzene rings is 1. The van der Waals surface area contributed by atoms with E-state index in [1.165, 1.54) is 0 Å². The van der Waals surface area contributed by atoms with Crippen molar-refractivity contribution in [2.75, 3.05) is 19.0 Å². The van der Waals surface area contributed by atoms with Crippen LogP contribution in [0.5, 0.6) is 5.75 Å². The predicted octanol–water partition coefficient (Wildman–Crippen LogP) is 2.12. The molecule has 0 aliphatic rings. The summed E-state index contributed by atoms with van der Waals surface area (Å²) in [6.45, 7) is 3.87. The van der Waals surface area contributed by atoms with Crippen molar-refractivity contribution >= 4 is 5.82 Å². The summed E-state index contributed by atoms with van der Waals surface area (Å²) in [4.78, 5) is 0. The van der Waals surface area contributed by atoms with Crippen LogP contribution >= 0.6 is 0 Å². The van der Waals surface area contributed by atoms with E-state index in [0.717, 1.165) is 22.6 Å². The van der Waals surface area contributed by atoms with Gasteiger partial charge in [-0.2, -0.15) is 10.4 Å². The zero-order chi connectivity index (χ0) is 16.1. The Hall–Kier alpha value is -2.65. The van der Waals surface area contributed by atoms with Gasteiger partial charge in [0.2, 0.25) is 0 Å². The molecule has 0 spiro atoms. The topological polar surface area (TPSA) is 91.1 Å². The van der Waals surface area contributed by atoms with Crippen molar-refractivity contribution < 1.29 is 9.84 Å². The van der Waals surface area contributed by atoms with Gasteiger partial charge in [-0.05, 0) is 37.1 Å². The lowest BCUT2D eigenvalue weighted by Gasteiger charge is -2.14. The standard InChI is InChI=1S/C16H18N4O2/c1-10-11(2)19-20-16(14(10)8-17)18-9-15(21)12-4-6-13(22-3)7-5-12/h4-7,15,21H,9H2,1-3H3,(H,18,20). The number of hydrogen-bond donors (Lipinski definition) is 2. The molecule has 1 atom stereocenters. The van der Waals surface area contributed by atoms with Gasteiger partial charge in [0, 0.05) is 6.54 Å². The highest BCUT2D eigenvalue weighted by atomic mass is 16.5. The lowest BCUT2D eigenvalue weighted by atomic mass is 10.1. The molecule has 0 aliphatic carbocycles. The first-order valence-corrected chi connectivity index (χ1v) is 6.86. The highest BCUT2D eigenvalue weighted by Crippen LogP contribution is 2.20. The molecule has 22 heavy (non-hydrogen) atoms. The molecular weight excluding hydrogens is 280 g/mol. The summed E-state index contributed by atoms with van der Waals surface area (Å²) in [5, 5.41) is 30.4. The first kappa shape index (κ1) is 15.7. The van der Waals surface area contributed by atoms with Crippen LogP contribution in [-0.4, -0.2) is 29.0 Å². The minimum atomic E-state index is -0.721. The molecule has 0 amide bonds. The van der Waals surface area contributed by atoms with E-state index >= 15 is 0 Å². The van der Waals surface area contributed by atoms with E-state index in [1.54, 1.807) is 38.3 Å². The smallest absolute Gasteiger partial charge is 0.167 e. The van der Waals surface area contributed by atoms with Crippen molar-refractivity contribution in [1.29, 1.82) is 5.26 Å². The monoisotopic (exact) mass is 298 g/mol. The van der Waals surface area contributed by atoms with Gasteiger partial charge < -0.3 is 15.2 Å². The van der Waals surface area contributed by atoms with Crippen LogP contribution < -0.4 is 10.1 Å². The Balaban J connectivity index is 2.09. The van der Waals surface area contributed by atoms with E-state index in [9.17, 15) is 10.4 Å². The van der Waals surface area contributed by atoms with E-state index in [4.69, 9.17) is 4.74 Å². The fraction of sp³-hybridized carbons (Fsp3) is 0.312. The third kappa shape index (κ3) is 3.32. The van der Waals surface area contributed by atoms with Crippen LogP contribution in [0.15, 0.2) is 24.3 Å². The summed E-state index contributed by atoms with van der Waals surface area (Å²) in [5.41, 5.74) is 2.72. The summed E-state index contributed by atoms with van der Waals surface area (Å²) >= 11 is 0. The molecule has 1 unspecified atom stereocenters. The lowest BCUT2D eigenvalue weighted by molar-refractivity contribution is 0.191. The number of rotatable bonds is 5. The highest BCUT2D eigenvalue weighted by molar-refractivity contribution is 5.55. The van der Waals surface area contributed by atoms with Crippen molar-refractivity contribution in [1.82, 2.24) is 10.2 Å². The number of aryl methyl sites for hydroxylation is 1. The fourth-order valence-electron chi connectivity index (χ4n) is 2.01. The van der Waals surface area contributed by atoms with Gasteiger partial charge >= 0.3 is 0 Å². The number of aromatic nitrogens is 2. The second-order valence-corrected chi connectivity index (χ2v) is 4.92. The molecule has 0 saturated heterocycles. The van der Waals surface area contributed by atoms with Gasteiger partial charge in [0.1, 0.15) is 17.4 Å².